The summed E-state index contributed by atoms with van der Waals surface area (Å²) in [6.45, 7) is 4.90. The number of benzene rings is 2. The van der Waals surface area contributed by atoms with Crippen LogP contribution in [-0.4, -0.2) is 32.2 Å². The number of anilines is 2. The van der Waals surface area contributed by atoms with Crippen molar-refractivity contribution < 1.29 is 10.0 Å². The van der Waals surface area contributed by atoms with Crippen LogP contribution in [0.2, 0.25) is 0 Å². The summed E-state index contributed by atoms with van der Waals surface area (Å²) in [7, 11) is 0. The molecule has 0 saturated carbocycles. The molecule has 1 atom stereocenters. The van der Waals surface area contributed by atoms with Gasteiger partial charge in [-0.05, 0) is 43.2 Å². The third kappa shape index (κ3) is 2.53. The van der Waals surface area contributed by atoms with Crippen molar-refractivity contribution in [2.45, 2.75) is 26.5 Å². The summed E-state index contributed by atoms with van der Waals surface area (Å²) in [4.78, 5) is 17.2. The highest BCUT2D eigenvalue weighted by Gasteiger charge is 2.28. The number of aryl methyl sites for hydroxylation is 2. The molecule has 0 radical (unpaired) electrons. The minimum atomic E-state index is -0.578. The van der Waals surface area contributed by atoms with Crippen LogP contribution in [0, 0.1) is 24.0 Å². The Morgan fingerprint density at radius 1 is 1.20 bits per heavy atom. The minimum Gasteiger partial charge on any atom is -0.389 e. The monoisotopic (exact) mass is 338 g/mol. The van der Waals surface area contributed by atoms with E-state index in [0.717, 1.165) is 22.2 Å². The molecule has 4 rings (SSSR count). The van der Waals surface area contributed by atoms with Gasteiger partial charge < -0.3 is 14.6 Å². The number of rotatable bonds is 2. The molecular formula is C18H18N4O3. The van der Waals surface area contributed by atoms with Crippen molar-refractivity contribution in [3.63, 3.8) is 0 Å². The Morgan fingerprint density at radius 2 is 1.96 bits per heavy atom. The third-order valence-corrected chi connectivity index (χ3v) is 4.72. The van der Waals surface area contributed by atoms with Gasteiger partial charge >= 0.3 is 0 Å². The van der Waals surface area contributed by atoms with E-state index in [-0.39, 0.29) is 5.69 Å². The molecule has 0 saturated heterocycles. The highest BCUT2D eigenvalue weighted by Crippen LogP contribution is 2.34. The van der Waals surface area contributed by atoms with Crippen molar-refractivity contribution in [3.8, 4) is 0 Å². The minimum absolute atomic E-state index is 0.0203. The van der Waals surface area contributed by atoms with Crippen LogP contribution < -0.4 is 4.90 Å². The van der Waals surface area contributed by atoms with E-state index in [9.17, 15) is 15.2 Å². The Kier molecular flexibility index (Phi) is 3.47. The maximum Gasteiger partial charge on any atom is 0.271 e. The molecule has 7 nitrogen and oxygen atoms in total. The Bertz CT molecular complexity index is 995. The molecule has 2 aromatic carbocycles. The Morgan fingerprint density at radius 3 is 2.72 bits per heavy atom. The zero-order valence-corrected chi connectivity index (χ0v) is 14.0. The fourth-order valence-corrected chi connectivity index (χ4v) is 3.31. The summed E-state index contributed by atoms with van der Waals surface area (Å²) >= 11 is 0. The van der Waals surface area contributed by atoms with Crippen LogP contribution in [0.25, 0.3) is 11.0 Å². The molecule has 0 aliphatic carbocycles. The number of non-ortho nitro benzene ring substituents is 1. The van der Waals surface area contributed by atoms with Crippen molar-refractivity contribution in [1.29, 1.82) is 0 Å². The molecular weight excluding hydrogens is 320 g/mol. The fraction of sp³-hybridized carbons (Fsp3) is 0.278. The van der Waals surface area contributed by atoms with Gasteiger partial charge in [-0.2, -0.15) is 0 Å². The first kappa shape index (κ1) is 15.6. The smallest absolute Gasteiger partial charge is 0.271 e. The molecule has 7 heteroatoms. The highest BCUT2D eigenvalue weighted by molar-refractivity contribution is 5.82. The topological polar surface area (TPSA) is 84.4 Å². The lowest BCUT2D eigenvalue weighted by Gasteiger charge is -2.32. The van der Waals surface area contributed by atoms with Crippen LogP contribution in [0.4, 0.5) is 17.3 Å². The second-order valence-electron chi connectivity index (χ2n) is 6.49. The van der Waals surface area contributed by atoms with E-state index in [1.165, 1.54) is 12.1 Å². The van der Waals surface area contributed by atoms with Gasteiger partial charge in [0, 0.05) is 12.1 Å². The molecule has 2 heterocycles. The number of aliphatic hydroxyl groups is 1. The van der Waals surface area contributed by atoms with E-state index in [0.29, 0.717) is 24.7 Å². The second kappa shape index (κ2) is 5.56. The molecule has 25 heavy (non-hydrogen) atoms. The number of β-amino-alcohol motifs (C(OH)–C–C–N with tert-alkyl or cyclic N) is 1. The van der Waals surface area contributed by atoms with Crippen LogP contribution in [-0.2, 0) is 6.54 Å². The molecule has 1 aromatic heterocycles. The van der Waals surface area contributed by atoms with Crippen LogP contribution >= 0.6 is 0 Å². The molecule has 1 aliphatic rings. The Labute approximate surface area is 144 Å². The van der Waals surface area contributed by atoms with E-state index in [2.05, 4.69) is 6.07 Å². The Balaban J connectivity index is 1.90. The van der Waals surface area contributed by atoms with Crippen molar-refractivity contribution in [2.75, 3.05) is 11.4 Å². The molecule has 0 fully saturated rings. The first-order chi connectivity index (χ1) is 11.9. The molecule has 128 valence electrons. The number of hydrogen-bond acceptors (Lipinski definition) is 5. The quantitative estimate of drug-likeness (QED) is 0.573. The summed E-state index contributed by atoms with van der Waals surface area (Å²) in [5, 5.41) is 21.4. The summed E-state index contributed by atoms with van der Waals surface area (Å²) in [6, 6.07) is 10.5. The predicted molar refractivity (Wildman–Crippen MR) is 95.3 cm³/mol. The van der Waals surface area contributed by atoms with E-state index in [4.69, 9.17) is 4.98 Å². The SMILES string of the molecule is Cc1cc2nc3n(c2cc1C)CC(O)CN3c1cccc([N+](=O)[O-])c1. The molecule has 3 aromatic rings. The van der Waals surface area contributed by atoms with Gasteiger partial charge in [0.15, 0.2) is 0 Å². The zero-order chi connectivity index (χ0) is 17.7. The van der Waals surface area contributed by atoms with Gasteiger partial charge in [-0.25, -0.2) is 4.98 Å². The number of hydrogen-bond donors (Lipinski definition) is 1. The summed E-state index contributed by atoms with van der Waals surface area (Å²) in [5.41, 5.74) is 4.82. The van der Waals surface area contributed by atoms with E-state index in [1.54, 1.807) is 12.1 Å². The van der Waals surface area contributed by atoms with Gasteiger partial charge in [-0.3, -0.25) is 10.1 Å². The second-order valence-corrected chi connectivity index (χ2v) is 6.49. The first-order valence-corrected chi connectivity index (χ1v) is 8.11. The highest BCUT2D eigenvalue weighted by atomic mass is 16.6. The maximum absolute atomic E-state index is 11.1. The number of nitro groups is 1. The molecule has 1 aliphatic heterocycles. The van der Waals surface area contributed by atoms with Crippen LogP contribution in [0.5, 0.6) is 0 Å². The summed E-state index contributed by atoms with van der Waals surface area (Å²) in [6.07, 6.45) is -0.578. The normalized spacial score (nSPS) is 16.9. The number of imidazole rings is 1. The molecule has 1 N–H and O–H groups in total. The van der Waals surface area contributed by atoms with Gasteiger partial charge in [0.1, 0.15) is 0 Å². The molecule has 0 spiro atoms. The largest absolute Gasteiger partial charge is 0.389 e. The number of aliphatic hydroxyl groups excluding tert-OH is 1. The van der Waals surface area contributed by atoms with Gasteiger partial charge in [0.05, 0.1) is 40.8 Å². The maximum atomic E-state index is 11.1. The van der Waals surface area contributed by atoms with E-state index >= 15 is 0 Å². The zero-order valence-electron chi connectivity index (χ0n) is 14.0. The van der Waals surface area contributed by atoms with Gasteiger partial charge in [0.25, 0.3) is 5.69 Å². The average molecular weight is 338 g/mol. The van der Waals surface area contributed by atoms with Crippen LogP contribution in [0.1, 0.15) is 11.1 Å². The summed E-state index contributed by atoms with van der Waals surface area (Å²) in [5.74, 6) is 0.700. The molecule has 0 bridgehead atoms. The Hall–Kier alpha value is -2.93. The first-order valence-electron chi connectivity index (χ1n) is 8.11. The lowest BCUT2D eigenvalue weighted by molar-refractivity contribution is -0.384. The number of nitro benzene ring substituents is 1. The number of aromatic nitrogens is 2. The lowest BCUT2D eigenvalue weighted by Crippen LogP contribution is -2.38. The van der Waals surface area contributed by atoms with Crippen molar-refractivity contribution in [1.82, 2.24) is 9.55 Å². The van der Waals surface area contributed by atoms with Gasteiger partial charge in [0.2, 0.25) is 5.95 Å². The number of nitrogens with zero attached hydrogens (tertiary/aromatic N) is 4. The van der Waals surface area contributed by atoms with Crippen LogP contribution in [0.3, 0.4) is 0 Å². The third-order valence-electron chi connectivity index (χ3n) is 4.72. The molecule has 0 amide bonds. The van der Waals surface area contributed by atoms with Crippen molar-refractivity contribution >= 4 is 28.4 Å². The molecule has 1 unspecified atom stereocenters. The van der Waals surface area contributed by atoms with Crippen LogP contribution in [0.15, 0.2) is 36.4 Å². The predicted octanol–water partition coefficient (Wildman–Crippen LogP) is 3.07. The average Bonchev–Trinajstić information content (AvgIpc) is 2.92. The van der Waals surface area contributed by atoms with Gasteiger partial charge in [-0.1, -0.05) is 6.07 Å². The standard InChI is InChI=1S/C18H18N4O3/c1-11-6-16-17(7-12(11)2)21-10-15(23)9-20(18(21)19-16)13-4-3-5-14(8-13)22(24)25/h3-8,15,23H,9-10H2,1-2H3. The van der Waals surface area contributed by atoms with Gasteiger partial charge in [-0.15, -0.1) is 0 Å². The van der Waals surface area contributed by atoms with Crippen molar-refractivity contribution in [2.24, 2.45) is 0 Å². The van der Waals surface area contributed by atoms with E-state index < -0.39 is 11.0 Å². The lowest BCUT2D eigenvalue weighted by atomic mass is 10.1. The van der Waals surface area contributed by atoms with E-state index in [1.807, 2.05) is 29.4 Å². The summed E-state index contributed by atoms with van der Waals surface area (Å²) < 4.78 is 1.98. The van der Waals surface area contributed by atoms with Crippen molar-refractivity contribution in [3.05, 3.63) is 57.6 Å². The number of fused-ring (bicyclic) bond motifs is 3. The fourth-order valence-electron chi connectivity index (χ4n) is 3.31.